The van der Waals surface area contributed by atoms with Crippen molar-refractivity contribution in [3.05, 3.63) is 46.6 Å². The maximum atomic E-state index is 12.5. The van der Waals surface area contributed by atoms with E-state index in [1.807, 2.05) is 0 Å². The quantitative estimate of drug-likeness (QED) is 0.767. The standard InChI is InChI=1S/C17H15F3N2O5/c1-3-25-16(24)13-8(2)26-15(22)11(7-21)14(13)10-6-9(4-5-12(10)23)27-17(18,19)20/h4-6,14,23H,3,22H2,1-2H3. The van der Waals surface area contributed by atoms with Crippen LogP contribution in [-0.4, -0.2) is 24.0 Å². The Morgan fingerprint density at radius 3 is 2.67 bits per heavy atom. The predicted octanol–water partition coefficient (Wildman–Crippen LogP) is 2.94. The second-order valence-electron chi connectivity index (χ2n) is 5.38. The zero-order valence-electron chi connectivity index (χ0n) is 14.3. The van der Waals surface area contributed by atoms with Gasteiger partial charge in [-0.25, -0.2) is 4.79 Å². The van der Waals surface area contributed by atoms with Crippen LogP contribution in [0.1, 0.15) is 25.3 Å². The van der Waals surface area contributed by atoms with Gasteiger partial charge in [-0.05, 0) is 32.0 Å². The predicted molar refractivity (Wildman–Crippen MR) is 84.8 cm³/mol. The molecule has 144 valence electrons. The van der Waals surface area contributed by atoms with Gasteiger partial charge in [0.25, 0.3) is 0 Å². The van der Waals surface area contributed by atoms with Gasteiger partial charge in [0, 0.05) is 5.56 Å². The van der Waals surface area contributed by atoms with Gasteiger partial charge in [0.15, 0.2) is 0 Å². The molecule has 3 N–H and O–H groups in total. The number of phenolic OH excluding ortho intramolecular Hbond substituents is 1. The van der Waals surface area contributed by atoms with E-state index in [4.69, 9.17) is 15.2 Å². The number of carbonyl (C=O) groups is 1. The minimum Gasteiger partial charge on any atom is -0.508 e. The average Bonchev–Trinajstić information content (AvgIpc) is 2.55. The van der Waals surface area contributed by atoms with Crippen LogP contribution in [0.3, 0.4) is 0 Å². The molecule has 0 saturated heterocycles. The first-order valence-electron chi connectivity index (χ1n) is 7.63. The number of alkyl halides is 3. The zero-order valence-corrected chi connectivity index (χ0v) is 14.3. The maximum Gasteiger partial charge on any atom is 0.573 e. The molecule has 1 aliphatic rings. The van der Waals surface area contributed by atoms with E-state index < -0.39 is 29.7 Å². The lowest BCUT2D eigenvalue weighted by Gasteiger charge is -2.27. The van der Waals surface area contributed by atoms with E-state index in [2.05, 4.69) is 4.74 Å². The topological polar surface area (TPSA) is 115 Å². The van der Waals surface area contributed by atoms with Crippen molar-refractivity contribution in [2.45, 2.75) is 26.1 Å². The van der Waals surface area contributed by atoms with Crippen LogP contribution in [0.25, 0.3) is 0 Å². The molecular weight excluding hydrogens is 369 g/mol. The molecule has 0 saturated carbocycles. The van der Waals surface area contributed by atoms with Crippen LogP contribution in [0, 0.1) is 11.3 Å². The van der Waals surface area contributed by atoms with Crippen LogP contribution in [0.15, 0.2) is 41.0 Å². The number of rotatable bonds is 4. The van der Waals surface area contributed by atoms with Crippen LogP contribution < -0.4 is 10.5 Å². The van der Waals surface area contributed by atoms with Crippen molar-refractivity contribution >= 4 is 5.97 Å². The molecule has 27 heavy (non-hydrogen) atoms. The summed E-state index contributed by atoms with van der Waals surface area (Å²) in [4.78, 5) is 12.4. The second kappa shape index (κ2) is 7.49. The van der Waals surface area contributed by atoms with Gasteiger partial charge < -0.3 is 25.1 Å². The zero-order chi connectivity index (χ0) is 20.4. The highest BCUT2D eigenvalue weighted by molar-refractivity contribution is 5.92. The molecule has 0 amide bonds. The largest absolute Gasteiger partial charge is 0.573 e. The van der Waals surface area contributed by atoms with Crippen molar-refractivity contribution in [3.8, 4) is 17.6 Å². The molecule has 0 aliphatic carbocycles. The van der Waals surface area contributed by atoms with Gasteiger partial charge in [0.1, 0.15) is 28.9 Å². The first-order valence-corrected chi connectivity index (χ1v) is 7.63. The van der Waals surface area contributed by atoms with Gasteiger partial charge in [0.2, 0.25) is 5.88 Å². The normalized spacial score (nSPS) is 17.3. The smallest absolute Gasteiger partial charge is 0.508 e. The number of halogens is 3. The summed E-state index contributed by atoms with van der Waals surface area (Å²) < 4.78 is 51.5. The molecule has 1 aliphatic heterocycles. The lowest BCUT2D eigenvalue weighted by Crippen LogP contribution is -2.25. The fourth-order valence-corrected chi connectivity index (χ4v) is 2.63. The monoisotopic (exact) mass is 384 g/mol. The third-order valence-electron chi connectivity index (χ3n) is 3.64. The second-order valence-corrected chi connectivity index (χ2v) is 5.38. The van der Waals surface area contributed by atoms with Crippen LogP contribution in [-0.2, 0) is 14.3 Å². The first kappa shape index (κ1) is 20.0. The Kier molecular flexibility index (Phi) is 5.54. The number of benzene rings is 1. The summed E-state index contributed by atoms with van der Waals surface area (Å²) in [7, 11) is 0. The summed E-state index contributed by atoms with van der Waals surface area (Å²) >= 11 is 0. The number of nitrogens with two attached hydrogens (primary N) is 1. The number of nitriles is 1. The van der Waals surface area contributed by atoms with Crippen molar-refractivity contribution < 1.29 is 37.3 Å². The van der Waals surface area contributed by atoms with Crippen LogP contribution >= 0.6 is 0 Å². The number of esters is 1. The summed E-state index contributed by atoms with van der Waals surface area (Å²) in [5, 5.41) is 19.6. The van der Waals surface area contributed by atoms with Crippen molar-refractivity contribution in [1.29, 1.82) is 5.26 Å². The average molecular weight is 384 g/mol. The van der Waals surface area contributed by atoms with Gasteiger partial charge in [-0.2, -0.15) is 5.26 Å². The van der Waals surface area contributed by atoms with Gasteiger partial charge in [-0.3, -0.25) is 0 Å². The molecule has 0 aromatic heterocycles. The third-order valence-corrected chi connectivity index (χ3v) is 3.64. The Hall–Kier alpha value is -3.35. The molecular formula is C17H15F3N2O5. The van der Waals surface area contributed by atoms with E-state index >= 15 is 0 Å². The summed E-state index contributed by atoms with van der Waals surface area (Å²) in [5.41, 5.74) is 5.07. The van der Waals surface area contributed by atoms with Gasteiger partial charge in [0.05, 0.1) is 18.1 Å². The van der Waals surface area contributed by atoms with Crippen LogP contribution in [0.5, 0.6) is 11.5 Å². The van der Waals surface area contributed by atoms with Gasteiger partial charge in [-0.15, -0.1) is 13.2 Å². The van der Waals surface area contributed by atoms with Gasteiger partial charge in [-0.1, -0.05) is 0 Å². The van der Waals surface area contributed by atoms with E-state index in [1.54, 1.807) is 13.0 Å². The van der Waals surface area contributed by atoms with Crippen molar-refractivity contribution in [2.75, 3.05) is 6.61 Å². The highest BCUT2D eigenvalue weighted by Crippen LogP contribution is 2.44. The molecule has 1 heterocycles. The number of hydrogen-bond acceptors (Lipinski definition) is 7. The highest BCUT2D eigenvalue weighted by atomic mass is 19.4. The van der Waals surface area contributed by atoms with Gasteiger partial charge >= 0.3 is 12.3 Å². The molecule has 1 unspecified atom stereocenters. The van der Waals surface area contributed by atoms with Crippen LogP contribution in [0.2, 0.25) is 0 Å². The fraction of sp³-hybridized carbons (Fsp3) is 0.294. The molecule has 1 aromatic rings. The van der Waals surface area contributed by atoms with E-state index in [9.17, 15) is 28.3 Å². The summed E-state index contributed by atoms with van der Waals surface area (Å²) in [6.45, 7) is 2.94. The highest BCUT2D eigenvalue weighted by Gasteiger charge is 2.38. The van der Waals surface area contributed by atoms with E-state index in [0.29, 0.717) is 0 Å². The summed E-state index contributed by atoms with van der Waals surface area (Å²) in [6.07, 6.45) is -4.97. The molecule has 0 radical (unpaired) electrons. The Balaban J connectivity index is 2.66. The number of phenols is 1. The molecule has 10 heteroatoms. The first-order chi connectivity index (χ1) is 12.6. The number of ether oxygens (including phenoxy) is 3. The number of allylic oxidation sites excluding steroid dienone is 2. The van der Waals surface area contributed by atoms with E-state index in [1.165, 1.54) is 6.92 Å². The molecule has 7 nitrogen and oxygen atoms in total. The van der Waals surface area contributed by atoms with E-state index in [0.717, 1.165) is 18.2 Å². The molecule has 0 fully saturated rings. The van der Waals surface area contributed by atoms with E-state index in [-0.39, 0.29) is 35.0 Å². The molecule has 0 spiro atoms. The van der Waals surface area contributed by atoms with Crippen molar-refractivity contribution in [1.82, 2.24) is 0 Å². The lowest BCUT2D eigenvalue weighted by molar-refractivity contribution is -0.274. The Morgan fingerprint density at radius 2 is 2.11 bits per heavy atom. The number of aromatic hydroxyl groups is 1. The number of hydrogen-bond donors (Lipinski definition) is 2. The maximum absolute atomic E-state index is 12.5. The number of nitrogens with zero attached hydrogens (tertiary/aromatic N) is 1. The SMILES string of the molecule is CCOC(=O)C1=C(C)OC(N)=C(C#N)C1c1cc(OC(F)(F)F)ccc1O. The fourth-order valence-electron chi connectivity index (χ4n) is 2.63. The van der Waals surface area contributed by atoms with Crippen LogP contribution in [0.4, 0.5) is 13.2 Å². The molecule has 1 atom stereocenters. The van der Waals surface area contributed by atoms with Crippen molar-refractivity contribution in [2.24, 2.45) is 5.73 Å². The summed E-state index contributed by atoms with van der Waals surface area (Å²) in [6, 6.07) is 4.48. The summed E-state index contributed by atoms with van der Waals surface area (Å²) in [5.74, 6) is -3.60. The van der Waals surface area contributed by atoms with Crippen molar-refractivity contribution in [3.63, 3.8) is 0 Å². The Morgan fingerprint density at radius 1 is 1.44 bits per heavy atom. The molecule has 2 rings (SSSR count). The minimum atomic E-state index is -4.97. The third kappa shape index (κ3) is 4.25. The Labute approximate surface area is 152 Å². The molecule has 0 bridgehead atoms. The Bertz CT molecular complexity index is 868. The number of carbonyl (C=O) groups excluding carboxylic acids is 1. The lowest BCUT2D eigenvalue weighted by atomic mass is 9.82. The minimum absolute atomic E-state index is 0.00325. The molecule has 1 aromatic carbocycles.